The van der Waals surface area contributed by atoms with Gasteiger partial charge in [-0.1, -0.05) is 49.9 Å². The number of aliphatic imine (C=N–C) groups is 1. The van der Waals surface area contributed by atoms with Crippen LogP contribution in [0, 0.1) is 13.8 Å². The van der Waals surface area contributed by atoms with E-state index in [2.05, 4.69) is 20.1 Å². The van der Waals surface area contributed by atoms with Crippen LogP contribution in [0.4, 0.5) is 35.2 Å². The lowest BCUT2D eigenvalue weighted by molar-refractivity contribution is -0.274. The van der Waals surface area contributed by atoms with E-state index in [1.165, 1.54) is 28.8 Å². The number of amides is 4. The smallest absolute Gasteiger partial charge is 0.406 e. The number of thioether (sulfide) groups is 1. The zero-order valence-electron chi connectivity index (χ0n) is 27.4. The molecule has 49 heavy (non-hydrogen) atoms. The van der Waals surface area contributed by atoms with Crippen molar-refractivity contribution < 1.29 is 32.3 Å². The quantitative estimate of drug-likeness (QED) is 0.223. The molecule has 14 heteroatoms. The highest BCUT2D eigenvalue weighted by Crippen LogP contribution is 2.36. The first-order valence-corrected chi connectivity index (χ1v) is 16.5. The predicted octanol–water partition coefficient (Wildman–Crippen LogP) is 7.60. The van der Waals surface area contributed by atoms with Gasteiger partial charge in [0.2, 0.25) is 5.91 Å². The molecule has 1 aromatic heterocycles. The summed E-state index contributed by atoms with van der Waals surface area (Å²) in [6.45, 7) is 8.14. The van der Waals surface area contributed by atoms with Crippen LogP contribution < -0.4 is 19.9 Å². The van der Waals surface area contributed by atoms with Gasteiger partial charge >= 0.3 is 12.4 Å². The zero-order valence-corrected chi connectivity index (χ0v) is 28.2. The second-order valence-electron chi connectivity index (χ2n) is 12.1. The first-order chi connectivity index (χ1) is 23.2. The Balaban J connectivity index is 1.18. The van der Waals surface area contributed by atoms with E-state index in [1.807, 2.05) is 45.9 Å². The van der Waals surface area contributed by atoms with E-state index in [-0.39, 0.29) is 35.8 Å². The third-order valence-corrected chi connectivity index (χ3v) is 9.24. The monoisotopic (exact) mass is 690 g/mol. The lowest BCUT2D eigenvalue weighted by Crippen LogP contribution is -2.39. The van der Waals surface area contributed by atoms with Gasteiger partial charge in [-0.2, -0.15) is 10.1 Å². The molecule has 0 atom stereocenters. The van der Waals surface area contributed by atoms with Gasteiger partial charge in [-0.15, -0.1) is 13.2 Å². The molecule has 2 aliphatic rings. The number of ether oxygens (including phenoxy) is 1. The minimum absolute atomic E-state index is 0.140. The van der Waals surface area contributed by atoms with E-state index in [9.17, 15) is 27.6 Å². The summed E-state index contributed by atoms with van der Waals surface area (Å²) >= 11 is 1.21. The molecule has 10 nitrogen and oxygen atoms in total. The van der Waals surface area contributed by atoms with Crippen molar-refractivity contribution in [1.29, 1.82) is 0 Å². The van der Waals surface area contributed by atoms with Gasteiger partial charge in [-0.05, 0) is 79.3 Å². The maximum atomic E-state index is 13.5. The van der Waals surface area contributed by atoms with Crippen LogP contribution in [0.15, 0.2) is 65.7 Å². The average Bonchev–Trinajstić information content (AvgIpc) is 3.53. The Kier molecular flexibility index (Phi) is 9.01. The molecule has 0 bridgehead atoms. The average molecular weight is 691 g/mol. The molecule has 1 N–H and O–H groups in total. The third kappa shape index (κ3) is 6.91. The molecule has 2 aliphatic heterocycles. The number of aryl methyl sites for hydroxylation is 2. The second-order valence-corrected chi connectivity index (χ2v) is 13.1. The molecule has 0 saturated carbocycles. The van der Waals surface area contributed by atoms with Crippen molar-refractivity contribution >= 4 is 52.0 Å². The number of amidine groups is 1. The number of rotatable bonds is 6. The SMILES string of the molecule is Cc1ccc(C(C)C)c(N2C(=O)CSC2=NC(=O)Nc2ccc(-c3nn(C)c(N4CCc5cc(OC(F)(F)F)ccc5C4=O)c3C)cc2)c1. The summed E-state index contributed by atoms with van der Waals surface area (Å²) in [5, 5.41) is 7.74. The Morgan fingerprint density at radius 2 is 1.78 bits per heavy atom. The zero-order chi connectivity index (χ0) is 35.2. The molecule has 4 aromatic rings. The van der Waals surface area contributed by atoms with E-state index in [1.54, 1.807) is 40.9 Å². The van der Waals surface area contributed by atoms with Gasteiger partial charge in [0, 0.05) is 36.0 Å². The van der Waals surface area contributed by atoms with Gasteiger partial charge in [-0.3, -0.25) is 24.1 Å². The maximum absolute atomic E-state index is 13.5. The van der Waals surface area contributed by atoms with Crippen molar-refractivity contribution in [3.8, 4) is 17.0 Å². The molecule has 0 spiro atoms. The number of aromatic nitrogens is 2. The fourth-order valence-corrected chi connectivity index (χ4v) is 6.96. The number of anilines is 3. The Morgan fingerprint density at radius 3 is 2.47 bits per heavy atom. The molecule has 254 valence electrons. The van der Waals surface area contributed by atoms with Crippen molar-refractivity contribution in [2.45, 2.75) is 46.4 Å². The normalized spacial score (nSPS) is 15.7. The van der Waals surface area contributed by atoms with Crippen LogP contribution in [-0.4, -0.2) is 51.5 Å². The maximum Gasteiger partial charge on any atom is 0.573 e. The molecule has 1 fully saturated rings. The number of hydrogen-bond acceptors (Lipinski definition) is 6. The summed E-state index contributed by atoms with van der Waals surface area (Å²) in [5.41, 5.74) is 6.08. The molecule has 0 aliphatic carbocycles. The molecule has 3 aromatic carbocycles. The van der Waals surface area contributed by atoms with Crippen LogP contribution in [0.1, 0.15) is 52.4 Å². The molecule has 1 saturated heterocycles. The van der Waals surface area contributed by atoms with Crippen molar-refractivity contribution in [3.63, 3.8) is 0 Å². The topological polar surface area (TPSA) is 109 Å². The highest BCUT2D eigenvalue weighted by Gasteiger charge is 2.34. The lowest BCUT2D eigenvalue weighted by Gasteiger charge is -2.29. The number of nitrogens with zero attached hydrogens (tertiary/aromatic N) is 5. The van der Waals surface area contributed by atoms with Crippen LogP contribution in [0.2, 0.25) is 0 Å². The van der Waals surface area contributed by atoms with Crippen molar-refractivity contribution in [2.75, 3.05) is 27.4 Å². The van der Waals surface area contributed by atoms with E-state index >= 15 is 0 Å². The Labute approximate surface area is 284 Å². The fraction of sp³-hybridized carbons (Fsp3) is 0.286. The Morgan fingerprint density at radius 1 is 1.04 bits per heavy atom. The summed E-state index contributed by atoms with van der Waals surface area (Å²) in [6.07, 6.45) is -4.49. The number of carbonyl (C=O) groups is 3. The van der Waals surface area contributed by atoms with Crippen molar-refractivity contribution in [2.24, 2.45) is 12.0 Å². The number of nitrogens with one attached hydrogen (secondary N) is 1. The highest BCUT2D eigenvalue weighted by molar-refractivity contribution is 8.15. The minimum Gasteiger partial charge on any atom is -0.406 e. The largest absolute Gasteiger partial charge is 0.573 e. The van der Waals surface area contributed by atoms with Gasteiger partial charge in [0.1, 0.15) is 11.6 Å². The van der Waals surface area contributed by atoms with Crippen LogP contribution in [-0.2, 0) is 18.3 Å². The van der Waals surface area contributed by atoms with Gasteiger partial charge < -0.3 is 10.1 Å². The van der Waals surface area contributed by atoms with Gasteiger partial charge in [-0.25, -0.2) is 4.79 Å². The fourth-order valence-electron chi connectivity index (χ4n) is 6.10. The molecular formula is C35H33F3N6O4S. The van der Waals surface area contributed by atoms with Crippen LogP contribution in [0.5, 0.6) is 5.75 Å². The van der Waals surface area contributed by atoms with Gasteiger partial charge in [0.05, 0.1) is 17.1 Å². The van der Waals surface area contributed by atoms with Crippen molar-refractivity contribution in [1.82, 2.24) is 9.78 Å². The molecule has 6 rings (SSSR count). The summed E-state index contributed by atoms with van der Waals surface area (Å²) in [7, 11) is 1.72. The number of benzene rings is 3. The van der Waals surface area contributed by atoms with Crippen LogP contribution >= 0.6 is 11.8 Å². The molecule has 3 heterocycles. The number of fused-ring (bicyclic) bond motifs is 1. The van der Waals surface area contributed by atoms with E-state index < -0.39 is 12.4 Å². The summed E-state index contributed by atoms with van der Waals surface area (Å²) in [5.74, 6) is 0.0642. The molecule has 0 unspecified atom stereocenters. The number of urea groups is 1. The first-order valence-electron chi connectivity index (χ1n) is 15.5. The van der Waals surface area contributed by atoms with E-state index in [4.69, 9.17) is 0 Å². The molecular weight excluding hydrogens is 657 g/mol. The highest BCUT2D eigenvalue weighted by atomic mass is 32.2. The first kappa shape index (κ1) is 33.8. The van der Waals surface area contributed by atoms with E-state index in [0.29, 0.717) is 39.9 Å². The van der Waals surface area contributed by atoms with Gasteiger partial charge in [0.25, 0.3) is 5.91 Å². The molecule has 4 amide bonds. The van der Waals surface area contributed by atoms with Crippen molar-refractivity contribution in [3.05, 3.63) is 88.5 Å². The third-order valence-electron chi connectivity index (χ3n) is 8.31. The summed E-state index contributed by atoms with van der Waals surface area (Å²) in [6, 6.07) is 16.1. The number of hydrogen-bond donors (Lipinski definition) is 1. The van der Waals surface area contributed by atoms with Gasteiger partial charge in [0.15, 0.2) is 5.17 Å². The second kappa shape index (κ2) is 13.1. The molecule has 0 radical (unpaired) electrons. The number of alkyl halides is 3. The summed E-state index contributed by atoms with van der Waals surface area (Å²) in [4.78, 5) is 46.7. The lowest BCUT2D eigenvalue weighted by atomic mass is 9.98. The van der Waals surface area contributed by atoms with Crippen LogP contribution in [0.25, 0.3) is 11.3 Å². The standard InChI is InChI=1S/C35H33F3N6O4S/c1-19(2)26-12-6-20(3)16-28(26)44-29(45)18-49-34(44)40-33(47)39-24-9-7-22(8-10-24)30-21(4)31(42(5)41-30)43-15-14-23-17-25(48-35(36,37)38)11-13-27(23)32(43)46/h6-13,16-17,19H,14-15,18H2,1-5H3,(H,39,47). The summed E-state index contributed by atoms with van der Waals surface area (Å²) < 4.78 is 43.7. The minimum atomic E-state index is -4.82. The number of halogens is 3. The predicted molar refractivity (Wildman–Crippen MR) is 184 cm³/mol. The number of carbonyl (C=O) groups excluding carboxylic acids is 3. The van der Waals surface area contributed by atoms with E-state index in [0.717, 1.165) is 34.0 Å². The Bertz CT molecular complexity index is 2010. The Hall–Kier alpha value is -5.11. The van der Waals surface area contributed by atoms with Crippen LogP contribution in [0.3, 0.4) is 0 Å².